The number of hydrogen-bond donors (Lipinski definition) is 1. The van der Waals surface area contributed by atoms with Crippen LogP contribution >= 0.6 is 11.6 Å². The normalized spacial score (nSPS) is 12.2. The molecule has 0 atom stereocenters. The zero-order valence-electron chi connectivity index (χ0n) is 12.8. The van der Waals surface area contributed by atoms with E-state index >= 15 is 0 Å². The Kier molecular flexibility index (Phi) is 5.82. The van der Waals surface area contributed by atoms with E-state index in [9.17, 15) is 23.1 Å². The Balaban J connectivity index is 2.52. The molecule has 4 nitrogen and oxygen atoms in total. The van der Waals surface area contributed by atoms with Crippen LogP contribution in [0.4, 0.5) is 18.9 Å². The predicted molar refractivity (Wildman–Crippen MR) is 87.5 cm³/mol. The van der Waals surface area contributed by atoms with Crippen LogP contribution in [0, 0.1) is 17.5 Å². The number of aliphatic imine (C=N–C) groups is 1. The lowest BCUT2D eigenvalue weighted by atomic mass is 10.1. The molecule has 0 aliphatic carbocycles. The zero-order valence-corrected chi connectivity index (χ0v) is 13.5. The molecule has 0 aromatic heterocycles. The van der Waals surface area contributed by atoms with Gasteiger partial charge in [0.2, 0.25) is 0 Å². The number of halogens is 4. The zero-order chi connectivity index (χ0) is 18.6. The van der Waals surface area contributed by atoms with Crippen LogP contribution in [0.15, 0.2) is 47.0 Å². The Bertz CT molecular complexity index is 864. The summed E-state index contributed by atoms with van der Waals surface area (Å²) in [5.41, 5.74) is -0.474. The topological polar surface area (TPSA) is 58.9 Å². The first-order chi connectivity index (χ1) is 11.8. The molecule has 0 fully saturated rings. The molecule has 2 rings (SSSR count). The fourth-order valence-electron chi connectivity index (χ4n) is 1.84. The van der Waals surface area contributed by atoms with Gasteiger partial charge in [-0.15, -0.1) is 0 Å². The molecule has 2 aromatic rings. The summed E-state index contributed by atoms with van der Waals surface area (Å²) >= 11 is 5.78. The van der Waals surface area contributed by atoms with Crippen molar-refractivity contribution in [3.63, 3.8) is 0 Å². The lowest BCUT2D eigenvalue weighted by Crippen LogP contribution is -2.09. The van der Waals surface area contributed by atoms with Crippen LogP contribution in [0.25, 0.3) is 5.76 Å². The smallest absolute Gasteiger partial charge is 0.343 e. The van der Waals surface area contributed by atoms with E-state index in [0.29, 0.717) is 12.1 Å². The molecule has 0 heterocycles. The van der Waals surface area contributed by atoms with E-state index < -0.39 is 34.8 Å². The van der Waals surface area contributed by atoms with Gasteiger partial charge in [-0.1, -0.05) is 11.6 Å². The quantitative estimate of drug-likeness (QED) is 0.282. The standard InChI is InChI=1S/C17H11ClF3NO3/c1-25-17(24)12(8-22-10-4-2-9(19)3-5-10)16(23)11-6-14(20)15(21)7-13(11)18/h2-8,23H,1H3. The molecule has 0 amide bonds. The van der Waals surface area contributed by atoms with Crippen LogP contribution < -0.4 is 0 Å². The van der Waals surface area contributed by atoms with Gasteiger partial charge in [0.25, 0.3) is 0 Å². The Morgan fingerprint density at radius 2 is 1.76 bits per heavy atom. The summed E-state index contributed by atoms with van der Waals surface area (Å²) in [4.78, 5) is 15.8. The third kappa shape index (κ3) is 4.39. The van der Waals surface area contributed by atoms with Gasteiger partial charge in [-0.3, -0.25) is 4.99 Å². The van der Waals surface area contributed by atoms with E-state index in [1.165, 1.54) is 12.1 Å². The summed E-state index contributed by atoms with van der Waals surface area (Å²) in [6.07, 6.45) is 0.950. The van der Waals surface area contributed by atoms with Gasteiger partial charge in [-0.25, -0.2) is 18.0 Å². The van der Waals surface area contributed by atoms with Gasteiger partial charge in [0.15, 0.2) is 11.6 Å². The van der Waals surface area contributed by atoms with Crippen molar-refractivity contribution in [3.05, 3.63) is 70.0 Å². The molecule has 1 N–H and O–H groups in total. The second kappa shape index (κ2) is 7.85. The number of hydrogen-bond acceptors (Lipinski definition) is 4. The minimum absolute atomic E-state index is 0.284. The van der Waals surface area contributed by atoms with E-state index in [2.05, 4.69) is 9.73 Å². The maximum atomic E-state index is 13.4. The Morgan fingerprint density at radius 1 is 1.16 bits per heavy atom. The number of methoxy groups -OCH3 is 1. The van der Waals surface area contributed by atoms with Crippen molar-refractivity contribution < 1.29 is 27.8 Å². The van der Waals surface area contributed by atoms with Gasteiger partial charge < -0.3 is 9.84 Å². The molecular weight excluding hydrogens is 359 g/mol. The highest BCUT2D eigenvalue weighted by molar-refractivity contribution is 6.32. The number of rotatable bonds is 4. The average Bonchev–Trinajstić information content (AvgIpc) is 2.59. The maximum Gasteiger partial charge on any atom is 0.343 e. The van der Waals surface area contributed by atoms with E-state index in [1.54, 1.807) is 0 Å². The maximum absolute atomic E-state index is 13.4. The van der Waals surface area contributed by atoms with Crippen LogP contribution in [-0.4, -0.2) is 24.4 Å². The van der Waals surface area contributed by atoms with Crippen molar-refractivity contribution in [3.8, 4) is 0 Å². The van der Waals surface area contributed by atoms with Crippen molar-refractivity contribution in [1.29, 1.82) is 0 Å². The molecule has 0 aliphatic heterocycles. The SMILES string of the molecule is COC(=O)C(C=Nc1ccc(F)cc1)=C(O)c1cc(F)c(F)cc1Cl. The third-order valence-corrected chi connectivity index (χ3v) is 3.41. The lowest BCUT2D eigenvalue weighted by molar-refractivity contribution is -0.135. The molecule has 8 heteroatoms. The predicted octanol–water partition coefficient (Wildman–Crippen LogP) is 4.60. The van der Waals surface area contributed by atoms with Crippen molar-refractivity contribution in [1.82, 2.24) is 0 Å². The van der Waals surface area contributed by atoms with Crippen molar-refractivity contribution in [2.75, 3.05) is 7.11 Å². The molecule has 2 aromatic carbocycles. The second-order valence-electron chi connectivity index (χ2n) is 4.73. The number of aliphatic hydroxyl groups excluding tert-OH is 1. The number of nitrogens with zero attached hydrogens (tertiary/aromatic N) is 1. The molecule has 0 unspecified atom stereocenters. The summed E-state index contributed by atoms with van der Waals surface area (Å²) in [5, 5.41) is 9.94. The molecule has 25 heavy (non-hydrogen) atoms. The molecule has 130 valence electrons. The largest absolute Gasteiger partial charge is 0.506 e. The minimum Gasteiger partial charge on any atom is -0.506 e. The Hall–Kier alpha value is -2.80. The first-order valence-corrected chi connectivity index (χ1v) is 7.17. The number of esters is 1. The number of benzene rings is 2. The number of aliphatic hydroxyl groups is 1. The highest BCUT2D eigenvalue weighted by atomic mass is 35.5. The van der Waals surface area contributed by atoms with Gasteiger partial charge in [-0.2, -0.15) is 0 Å². The van der Waals surface area contributed by atoms with E-state index in [0.717, 1.165) is 25.5 Å². The third-order valence-electron chi connectivity index (χ3n) is 3.09. The Labute approximate surface area is 145 Å². The van der Waals surface area contributed by atoms with Crippen molar-refractivity contribution in [2.45, 2.75) is 0 Å². The number of carbonyl (C=O) groups is 1. The summed E-state index contributed by atoms with van der Waals surface area (Å²) in [5.74, 6) is -4.67. The summed E-state index contributed by atoms with van der Waals surface area (Å²) in [6.45, 7) is 0. The van der Waals surface area contributed by atoms with E-state index in [1.807, 2.05) is 0 Å². The van der Waals surface area contributed by atoms with Gasteiger partial charge in [0.1, 0.15) is 17.1 Å². The van der Waals surface area contributed by atoms with Crippen LogP contribution in [-0.2, 0) is 9.53 Å². The van der Waals surface area contributed by atoms with Crippen molar-refractivity contribution >= 4 is 35.2 Å². The molecule has 0 saturated carbocycles. The molecule has 0 aliphatic rings. The highest BCUT2D eigenvalue weighted by Gasteiger charge is 2.19. The second-order valence-corrected chi connectivity index (χ2v) is 5.14. The van der Waals surface area contributed by atoms with Gasteiger partial charge in [0.05, 0.1) is 17.8 Å². The van der Waals surface area contributed by atoms with Crippen molar-refractivity contribution in [2.24, 2.45) is 4.99 Å². The van der Waals surface area contributed by atoms with Gasteiger partial charge >= 0.3 is 5.97 Å². The van der Waals surface area contributed by atoms with E-state index in [-0.39, 0.29) is 16.3 Å². The Morgan fingerprint density at radius 3 is 2.36 bits per heavy atom. The van der Waals surface area contributed by atoms with Gasteiger partial charge in [-0.05, 0) is 36.4 Å². The van der Waals surface area contributed by atoms with E-state index in [4.69, 9.17) is 11.6 Å². The average molecular weight is 370 g/mol. The van der Waals surface area contributed by atoms with Crippen LogP contribution in [0.3, 0.4) is 0 Å². The lowest BCUT2D eigenvalue weighted by Gasteiger charge is -2.08. The minimum atomic E-state index is -1.26. The molecule has 0 radical (unpaired) electrons. The van der Waals surface area contributed by atoms with Gasteiger partial charge in [0, 0.05) is 11.8 Å². The summed E-state index contributed by atoms with van der Waals surface area (Å²) < 4.78 is 44.0. The fraction of sp³-hybridized carbons (Fsp3) is 0.0588. The number of carbonyl (C=O) groups excluding carboxylic acids is 1. The summed E-state index contributed by atoms with van der Waals surface area (Å²) in [7, 11) is 1.06. The first-order valence-electron chi connectivity index (χ1n) is 6.79. The molecule has 0 spiro atoms. The number of ether oxygens (including phenoxy) is 1. The van der Waals surface area contributed by atoms with Crippen LogP contribution in [0.2, 0.25) is 5.02 Å². The molecule has 0 bridgehead atoms. The molecule has 0 saturated heterocycles. The highest BCUT2D eigenvalue weighted by Crippen LogP contribution is 2.27. The molecular formula is C17H11ClF3NO3. The fourth-order valence-corrected chi connectivity index (χ4v) is 2.08. The first kappa shape index (κ1) is 18.5. The summed E-state index contributed by atoms with van der Waals surface area (Å²) in [6, 6.07) is 6.28. The monoisotopic (exact) mass is 369 g/mol. The van der Waals surface area contributed by atoms with Crippen LogP contribution in [0.5, 0.6) is 0 Å². The van der Waals surface area contributed by atoms with Crippen LogP contribution in [0.1, 0.15) is 5.56 Å².